The summed E-state index contributed by atoms with van der Waals surface area (Å²) in [4.78, 5) is 10.0. The number of aryl methyl sites for hydroxylation is 1. The van der Waals surface area contributed by atoms with Crippen LogP contribution in [0.2, 0.25) is 0 Å². The van der Waals surface area contributed by atoms with Crippen molar-refractivity contribution in [1.29, 1.82) is 0 Å². The van der Waals surface area contributed by atoms with Gasteiger partial charge in [0.05, 0.1) is 9.82 Å². The van der Waals surface area contributed by atoms with Crippen molar-refractivity contribution < 1.29 is 18.4 Å². The van der Waals surface area contributed by atoms with E-state index in [9.17, 15) is 18.5 Å². The van der Waals surface area contributed by atoms with E-state index in [1.807, 2.05) is 13.8 Å². The van der Waals surface area contributed by atoms with Crippen molar-refractivity contribution in [2.24, 2.45) is 5.41 Å². The van der Waals surface area contributed by atoms with Crippen LogP contribution in [-0.2, 0) is 10.0 Å². The van der Waals surface area contributed by atoms with E-state index >= 15 is 0 Å². The summed E-state index contributed by atoms with van der Waals surface area (Å²) in [6.07, 6.45) is 0.448. The van der Waals surface area contributed by atoms with Crippen LogP contribution in [0.1, 0.15) is 25.8 Å². The zero-order chi connectivity index (χ0) is 16.3. The van der Waals surface area contributed by atoms with Gasteiger partial charge in [0.15, 0.2) is 0 Å². The molecule has 0 spiro atoms. The minimum Gasteiger partial charge on any atom is -0.396 e. The van der Waals surface area contributed by atoms with Crippen LogP contribution in [0, 0.1) is 22.5 Å². The average Bonchev–Trinajstić information content (AvgIpc) is 2.36. The molecule has 0 bridgehead atoms. The highest BCUT2D eigenvalue weighted by Crippen LogP contribution is 2.23. The Morgan fingerprint density at radius 3 is 2.52 bits per heavy atom. The molecule has 1 aromatic rings. The lowest BCUT2D eigenvalue weighted by molar-refractivity contribution is -0.385. The van der Waals surface area contributed by atoms with E-state index in [2.05, 4.69) is 4.72 Å². The molecule has 0 atom stereocenters. The van der Waals surface area contributed by atoms with Crippen LogP contribution < -0.4 is 4.72 Å². The minimum atomic E-state index is -3.83. The highest BCUT2D eigenvalue weighted by atomic mass is 32.2. The minimum absolute atomic E-state index is 0.0371. The van der Waals surface area contributed by atoms with Crippen molar-refractivity contribution >= 4 is 15.7 Å². The summed E-state index contributed by atoms with van der Waals surface area (Å²) >= 11 is 0. The first kappa shape index (κ1) is 17.5. The van der Waals surface area contributed by atoms with Gasteiger partial charge in [0, 0.05) is 25.3 Å². The third-order valence-electron chi connectivity index (χ3n) is 3.20. The first-order valence-electron chi connectivity index (χ1n) is 6.45. The number of benzene rings is 1. The predicted molar refractivity (Wildman–Crippen MR) is 78.5 cm³/mol. The topological polar surface area (TPSA) is 110 Å². The van der Waals surface area contributed by atoms with Gasteiger partial charge in [0.25, 0.3) is 5.69 Å². The number of nitrogens with one attached hydrogen (secondary N) is 1. The standard InChI is InChI=1S/C13H20N2O5S/c1-10-4-5-11(15(17)18)8-12(10)21(19,20)14-9-13(2,3)6-7-16/h4-5,8,14,16H,6-7,9H2,1-3H3. The molecule has 118 valence electrons. The number of nitro groups is 1. The molecule has 0 aliphatic carbocycles. The Hall–Kier alpha value is -1.51. The maximum atomic E-state index is 12.3. The Bertz CT molecular complexity index is 625. The first-order chi connectivity index (χ1) is 9.59. The fourth-order valence-corrected chi connectivity index (χ4v) is 3.26. The van der Waals surface area contributed by atoms with E-state index in [0.717, 1.165) is 6.07 Å². The zero-order valence-corrected chi connectivity index (χ0v) is 13.1. The smallest absolute Gasteiger partial charge is 0.270 e. The summed E-state index contributed by atoms with van der Waals surface area (Å²) < 4.78 is 27.0. The highest BCUT2D eigenvalue weighted by Gasteiger charge is 2.24. The van der Waals surface area contributed by atoms with Gasteiger partial charge in [0.1, 0.15) is 0 Å². The summed E-state index contributed by atoms with van der Waals surface area (Å²) in [5.41, 5.74) is -0.236. The van der Waals surface area contributed by atoms with Crippen LogP contribution in [0.15, 0.2) is 23.1 Å². The molecule has 0 saturated carbocycles. The Morgan fingerprint density at radius 2 is 2.00 bits per heavy atom. The molecule has 0 aromatic heterocycles. The molecule has 0 aliphatic heterocycles. The molecule has 1 rings (SSSR count). The Labute approximate surface area is 124 Å². The summed E-state index contributed by atoms with van der Waals surface area (Å²) in [5.74, 6) is 0. The summed E-state index contributed by atoms with van der Waals surface area (Å²) in [6, 6.07) is 3.73. The van der Waals surface area contributed by atoms with Crippen molar-refractivity contribution in [3.63, 3.8) is 0 Å². The van der Waals surface area contributed by atoms with Crippen LogP contribution in [0.5, 0.6) is 0 Å². The largest absolute Gasteiger partial charge is 0.396 e. The van der Waals surface area contributed by atoms with Crippen molar-refractivity contribution in [3.8, 4) is 0 Å². The number of non-ortho nitro benzene ring substituents is 1. The maximum absolute atomic E-state index is 12.3. The van der Waals surface area contributed by atoms with Gasteiger partial charge in [-0.3, -0.25) is 10.1 Å². The summed E-state index contributed by atoms with van der Waals surface area (Å²) in [5, 5.41) is 19.7. The van der Waals surface area contributed by atoms with E-state index in [4.69, 9.17) is 5.11 Å². The number of rotatable bonds is 7. The summed E-state index contributed by atoms with van der Waals surface area (Å²) in [7, 11) is -3.83. The predicted octanol–water partition coefficient (Wildman–Crippen LogP) is 1.59. The van der Waals surface area contributed by atoms with E-state index < -0.39 is 20.4 Å². The van der Waals surface area contributed by atoms with Gasteiger partial charge in [0.2, 0.25) is 10.0 Å². The molecule has 0 radical (unpaired) electrons. The van der Waals surface area contributed by atoms with E-state index in [-0.39, 0.29) is 23.7 Å². The molecule has 1 aromatic carbocycles. The van der Waals surface area contributed by atoms with Crippen LogP contribution in [0.3, 0.4) is 0 Å². The molecule has 8 heteroatoms. The first-order valence-corrected chi connectivity index (χ1v) is 7.93. The molecule has 0 fully saturated rings. The fraction of sp³-hybridized carbons (Fsp3) is 0.538. The third kappa shape index (κ3) is 4.76. The number of aliphatic hydroxyl groups is 1. The second kappa shape index (κ2) is 6.50. The van der Waals surface area contributed by atoms with Gasteiger partial charge in [-0.15, -0.1) is 0 Å². The van der Waals surface area contributed by atoms with Crippen LogP contribution in [0.25, 0.3) is 0 Å². The van der Waals surface area contributed by atoms with E-state index in [1.54, 1.807) is 6.92 Å². The molecule has 2 N–H and O–H groups in total. The van der Waals surface area contributed by atoms with Crippen molar-refractivity contribution in [1.82, 2.24) is 4.72 Å². The van der Waals surface area contributed by atoms with Gasteiger partial charge >= 0.3 is 0 Å². The fourth-order valence-electron chi connectivity index (χ4n) is 1.75. The normalized spacial score (nSPS) is 12.4. The number of hydrogen-bond acceptors (Lipinski definition) is 5. The van der Waals surface area contributed by atoms with Crippen molar-refractivity contribution in [2.45, 2.75) is 32.1 Å². The molecule has 7 nitrogen and oxygen atoms in total. The number of nitro benzene ring substituents is 1. The van der Waals surface area contributed by atoms with Crippen molar-refractivity contribution in [3.05, 3.63) is 33.9 Å². The van der Waals surface area contributed by atoms with Gasteiger partial charge in [-0.2, -0.15) is 0 Å². The highest BCUT2D eigenvalue weighted by molar-refractivity contribution is 7.89. The second-order valence-corrected chi connectivity index (χ2v) is 7.40. The van der Waals surface area contributed by atoms with Crippen LogP contribution in [-0.4, -0.2) is 31.6 Å². The van der Waals surface area contributed by atoms with Crippen molar-refractivity contribution in [2.75, 3.05) is 13.2 Å². The Balaban J connectivity index is 3.03. The molecule has 21 heavy (non-hydrogen) atoms. The molecule has 0 amide bonds. The Morgan fingerprint density at radius 1 is 1.38 bits per heavy atom. The zero-order valence-electron chi connectivity index (χ0n) is 12.3. The molecular formula is C13H20N2O5S. The molecule has 0 unspecified atom stereocenters. The number of nitrogens with zero attached hydrogens (tertiary/aromatic N) is 1. The maximum Gasteiger partial charge on any atom is 0.270 e. The van der Waals surface area contributed by atoms with Gasteiger partial charge < -0.3 is 5.11 Å². The second-order valence-electron chi connectivity index (χ2n) is 5.67. The molecule has 0 saturated heterocycles. The lowest BCUT2D eigenvalue weighted by Gasteiger charge is -2.24. The molecule has 0 heterocycles. The van der Waals surface area contributed by atoms with Gasteiger partial charge in [-0.1, -0.05) is 19.9 Å². The number of sulfonamides is 1. The summed E-state index contributed by atoms with van der Waals surface area (Å²) in [6.45, 7) is 5.33. The average molecular weight is 316 g/mol. The van der Waals surface area contributed by atoms with Gasteiger partial charge in [-0.05, 0) is 24.3 Å². The third-order valence-corrected chi connectivity index (χ3v) is 4.74. The van der Waals surface area contributed by atoms with Gasteiger partial charge in [-0.25, -0.2) is 13.1 Å². The molecule has 0 aliphatic rings. The lowest BCUT2D eigenvalue weighted by Crippen LogP contribution is -2.34. The lowest BCUT2D eigenvalue weighted by atomic mass is 9.90. The van der Waals surface area contributed by atoms with Crippen LogP contribution in [0.4, 0.5) is 5.69 Å². The van der Waals surface area contributed by atoms with Crippen LogP contribution >= 0.6 is 0 Å². The number of aliphatic hydroxyl groups excluding tert-OH is 1. The quantitative estimate of drug-likeness (QED) is 0.586. The monoisotopic (exact) mass is 316 g/mol. The number of hydrogen-bond donors (Lipinski definition) is 2. The molecular weight excluding hydrogens is 296 g/mol. The Kier molecular flexibility index (Phi) is 5.43. The SMILES string of the molecule is Cc1ccc([N+](=O)[O-])cc1S(=O)(=O)NCC(C)(C)CCO. The van der Waals surface area contributed by atoms with E-state index in [0.29, 0.717) is 12.0 Å². The van der Waals surface area contributed by atoms with E-state index in [1.165, 1.54) is 12.1 Å².